The van der Waals surface area contributed by atoms with Crippen molar-refractivity contribution >= 4 is 23.5 Å². The average Bonchev–Trinajstić information content (AvgIpc) is 2.55. The molecule has 2 atom stereocenters. The van der Waals surface area contributed by atoms with Crippen molar-refractivity contribution in [3.05, 3.63) is 60.7 Å². The molecule has 0 aliphatic carbocycles. The summed E-state index contributed by atoms with van der Waals surface area (Å²) in [4.78, 5) is 2.54. The van der Waals surface area contributed by atoms with Gasteiger partial charge in [0.15, 0.2) is 0 Å². The van der Waals surface area contributed by atoms with E-state index in [1.807, 2.05) is 35.7 Å². The summed E-state index contributed by atoms with van der Waals surface area (Å²) in [6, 6.07) is 21.0. The normalized spacial score (nSPS) is 13.8. The molecule has 3 heteroatoms. The largest absolute Gasteiger partial charge is 0.353 e. The molecule has 1 nitrogen and oxygen atoms in total. The van der Waals surface area contributed by atoms with Gasteiger partial charge in [0.1, 0.15) is 10.9 Å². The van der Waals surface area contributed by atoms with Crippen LogP contribution in [0.5, 0.6) is 0 Å². The summed E-state index contributed by atoms with van der Waals surface area (Å²) in [5, 5.41) is 0. The third kappa shape index (κ3) is 5.77. The fraction of sp³-hybridized carbons (Fsp3) is 0.333. The number of ether oxygens (including phenoxy) is 1. The highest BCUT2D eigenvalue weighted by molar-refractivity contribution is 8.00. The van der Waals surface area contributed by atoms with E-state index in [0.29, 0.717) is 0 Å². The van der Waals surface area contributed by atoms with Crippen molar-refractivity contribution in [3.63, 3.8) is 0 Å². The summed E-state index contributed by atoms with van der Waals surface area (Å²) in [7, 11) is 0. The van der Waals surface area contributed by atoms with Gasteiger partial charge in [-0.1, -0.05) is 73.8 Å². The van der Waals surface area contributed by atoms with Gasteiger partial charge in [0, 0.05) is 9.79 Å². The molecule has 21 heavy (non-hydrogen) atoms. The fourth-order valence-corrected chi connectivity index (χ4v) is 3.90. The molecular formula is C18H22OS2. The van der Waals surface area contributed by atoms with Crippen LogP contribution >= 0.6 is 23.5 Å². The standard InChI is InChI=1S/C18H22OS2/c1-3-17(20-15-11-7-5-8-12-15)19-18(4-2)21-16-13-9-6-10-14-16/h5-14,17-18H,3-4H2,1-2H3/i17+1,18+1. The van der Waals surface area contributed by atoms with Gasteiger partial charge in [-0.2, -0.15) is 0 Å². The maximum atomic E-state index is 6.28. The average molecular weight is 320 g/mol. The lowest BCUT2D eigenvalue weighted by atomic mass is 10.4. The zero-order valence-electron chi connectivity index (χ0n) is 12.6. The number of hydrogen-bond donors (Lipinski definition) is 0. The molecule has 0 saturated carbocycles. The summed E-state index contributed by atoms with van der Waals surface area (Å²) in [5.74, 6) is 0. The van der Waals surface area contributed by atoms with Gasteiger partial charge in [-0.15, -0.1) is 0 Å². The lowest BCUT2D eigenvalue weighted by Crippen LogP contribution is -2.15. The molecule has 0 aliphatic heterocycles. The van der Waals surface area contributed by atoms with Crippen molar-refractivity contribution in [2.24, 2.45) is 0 Å². The molecule has 0 bridgehead atoms. The number of benzene rings is 2. The molecule has 0 aliphatic rings. The second-order valence-corrected chi connectivity index (χ2v) is 7.14. The molecule has 0 saturated heterocycles. The first-order valence-corrected chi connectivity index (χ1v) is 9.16. The van der Waals surface area contributed by atoms with E-state index < -0.39 is 0 Å². The van der Waals surface area contributed by atoms with E-state index in [1.165, 1.54) is 9.79 Å². The molecule has 0 N–H and O–H groups in total. The lowest BCUT2D eigenvalue weighted by molar-refractivity contribution is 0.0873. The summed E-state index contributed by atoms with van der Waals surface area (Å²) in [5.41, 5.74) is 0.405. The van der Waals surface area contributed by atoms with Gasteiger partial charge in [-0.25, -0.2) is 0 Å². The molecule has 0 amide bonds. The monoisotopic (exact) mass is 320 g/mol. The number of hydrogen-bond acceptors (Lipinski definition) is 3. The molecule has 0 fully saturated rings. The van der Waals surface area contributed by atoms with Crippen molar-refractivity contribution in [3.8, 4) is 0 Å². The molecule has 0 radical (unpaired) electrons. The minimum Gasteiger partial charge on any atom is -0.353 e. The fourth-order valence-electron chi connectivity index (χ4n) is 1.89. The molecule has 0 spiro atoms. The van der Waals surface area contributed by atoms with Crippen molar-refractivity contribution in [2.75, 3.05) is 0 Å². The molecule has 2 unspecified atom stereocenters. The molecule has 0 heterocycles. The van der Waals surface area contributed by atoms with Crippen LogP contribution < -0.4 is 0 Å². The Balaban J connectivity index is 1.92. The second-order valence-electron chi connectivity index (χ2n) is 4.67. The lowest BCUT2D eigenvalue weighted by Gasteiger charge is -2.22. The van der Waals surface area contributed by atoms with Gasteiger partial charge < -0.3 is 4.74 Å². The van der Waals surface area contributed by atoms with Gasteiger partial charge in [-0.05, 0) is 37.1 Å². The van der Waals surface area contributed by atoms with Gasteiger partial charge in [-0.3, -0.25) is 0 Å². The van der Waals surface area contributed by atoms with E-state index in [-0.39, 0.29) is 10.9 Å². The first kappa shape index (κ1) is 16.5. The summed E-state index contributed by atoms with van der Waals surface area (Å²) in [6.07, 6.45) is 2.01. The highest BCUT2D eigenvalue weighted by Gasteiger charge is 2.16. The van der Waals surface area contributed by atoms with E-state index in [9.17, 15) is 0 Å². The van der Waals surface area contributed by atoms with Crippen LogP contribution in [-0.4, -0.2) is 10.9 Å². The predicted molar refractivity (Wildman–Crippen MR) is 93.8 cm³/mol. The quantitative estimate of drug-likeness (QED) is 0.332. The minimum absolute atomic E-state index is 0.202. The molecule has 2 aromatic carbocycles. The van der Waals surface area contributed by atoms with Crippen molar-refractivity contribution in [2.45, 2.75) is 47.4 Å². The summed E-state index contributed by atoms with van der Waals surface area (Å²) < 4.78 is 6.28. The highest BCUT2D eigenvalue weighted by atomic mass is 32.2. The first-order chi connectivity index (χ1) is 10.3. The van der Waals surface area contributed by atoms with Gasteiger partial charge in [0.25, 0.3) is 0 Å². The third-order valence-corrected chi connectivity index (χ3v) is 5.50. The van der Waals surface area contributed by atoms with Crippen LogP contribution in [0.3, 0.4) is 0 Å². The van der Waals surface area contributed by atoms with E-state index in [4.69, 9.17) is 4.74 Å². The number of thioether (sulfide) groups is 2. The Hall–Kier alpha value is -0.900. The van der Waals surface area contributed by atoms with Crippen LogP contribution in [0, 0.1) is 0 Å². The predicted octanol–water partition coefficient (Wildman–Crippen LogP) is 6.06. The topological polar surface area (TPSA) is 9.23 Å². The SMILES string of the molecule is CC[13CH](O[13CH](CC)Sc1ccccc1)Sc1ccccc1. The Kier molecular flexibility index (Phi) is 7.20. The molecule has 2 rings (SSSR count). The maximum Gasteiger partial charge on any atom is 0.109 e. The van der Waals surface area contributed by atoms with Crippen LogP contribution in [0.1, 0.15) is 26.7 Å². The van der Waals surface area contributed by atoms with Gasteiger partial charge in [0.05, 0.1) is 0 Å². The van der Waals surface area contributed by atoms with Crippen molar-refractivity contribution in [1.29, 1.82) is 0 Å². The number of rotatable bonds is 8. The zero-order valence-corrected chi connectivity index (χ0v) is 14.2. The van der Waals surface area contributed by atoms with E-state index in [2.05, 4.69) is 62.4 Å². The molecular weight excluding hydrogens is 298 g/mol. The Labute approximate surface area is 136 Å². The Bertz CT molecular complexity index is 454. The highest BCUT2D eigenvalue weighted by Crippen LogP contribution is 2.32. The van der Waals surface area contributed by atoms with Crippen LogP contribution in [-0.2, 0) is 4.74 Å². The summed E-state index contributed by atoms with van der Waals surface area (Å²) >= 11 is 3.61. The van der Waals surface area contributed by atoms with Crippen LogP contribution in [0.2, 0.25) is 0 Å². The van der Waals surface area contributed by atoms with Gasteiger partial charge in [0.2, 0.25) is 0 Å². The Morgan fingerprint density at radius 3 is 1.43 bits per heavy atom. The van der Waals surface area contributed by atoms with Crippen molar-refractivity contribution in [1.82, 2.24) is 0 Å². The zero-order chi connectivity index (χ0) is 14.9. The maximum absolute atomic E-state index is 6.28. The van der Waals surface area contributed by atoms with Crippen LogP contribution in [0.25, 0.3) is 0 Å². The van der Waals surface area contributed by atoms with Crippen LogP contribution in [0.4, 0.5) is 0 Å². The molecule has 2 aromatic rings. The smallest absolute Gasteiger partial charge is 0.109 e. The van der Waals surface area contributed by atoms with Crippen LogP contribution in [0.15, 0.2) is 70.5 Å². The second kappa shape index (κ2) is 9.19. The molecule has 112 valence electrons. The van der Waals surface area contributed by atoms with E-state index in [0.717, 1.165) is 12.8 Å². The van der Waals surface area contributed by atoms with Gasteiger partial charge >= 0.3 is 0 Å². The molecule has 0 aromatic heterocycles. The first-order valence-electron chi connectivity index (χ1n) is 7.40. The third-order valence-electron chi connectivity index (χ3n) is 2.99. The summed E-state index contributed by atoms with van der Waals surface area (Å²) in [6.45, 7) is 4.36. The van der Waals surface area contributed by atoms with Crippen molar-refractivity contribution < 1.29 is 4.74 Å². The Morgan fingerprint density at radius 1 is 0.714 bits per heavy atom. The Morgan fingerprint density at radius 2 is 1.10 bits per heavy atom. The van der Waals surface area contributed by atoms with E-state index in [1.54, 1.807) is 0 Å². The van der Waals surface area contributed by atoms with E-state index >= 15 is 0 Å². The minimum atomic E-state index is 0.202.